The largest absolute Gasteiger partial charge is 0.338 e. The van der Waals surface area contributed by atoms with Crippen LogP contribution in [0.4, 0.5) is 18.9 Å². The number of nitrogens with zero attached hydrogens (tertiary/aromatic N) is 5. The normalized spacial score (nSPS) is 13.9. The predicted octanol–water partition coefficient (Wildman–Crippen LogP) is 5.16. The van der Waals surface area contributed by atoms with Crippen LogP contribution in [0.5, 0.6) is 0 Å². The Kier molecular flexibility index (Phi) is 9.00. The number of nitro benzene ring substituents is 1. The Morgan fingerprint density at radius 2 is 1.59 bits per heavy atom. The number of piperidine rings is 1. The molecule has 9 nitrogen and oxygen atoms in total. The molecule has 12 heteroatoms. The standard InChI is InChI=1S/C32H32F3N5O4/c1-21-27(31(41)39(36(21)2)25-12-8-23(33)9-13-25)20-38(17-14-22-6-10-26(11-7-22)40(43)44)24-15-18-37(19-16-24)32(42)30-28(34)4-3-5-29(30)35/h3-13,24H,14-20H2,1-2H3. The summed E-state index contributed by atoms with van der Waals surface area (Å²) in [5.74, 6) is -2.91. The van der Waals surface area contributed by atoms with Gasteiger partial charge < -0.3 is 4.90 Å². The maximum Gasteiger partial charge on any atom is 0.276 e. The number of benzene rings is 3. The van der Waals surface area contributed by atoms with Gasteiger partial charge in [-0.2, -0.15) is 0 Å². The van der Waals surface area contributed by atoms with E-state index in [9.17, 15) is 32.9 Å². The number of hydrogen-bond acceptors (Lipinski definition) is 5. The van der Waals surface area contributed by atoms with Crippen LogP contribution in [-0.2, 0) is 20.0 Å². The molecular formula is C32H32F3N5O4. The van der Waals surface area contributed by atoms with E-state index in [4.69, 9.17) is 0 Å². The van der Waals surface area contributed by atoms with Crippen molar-refractivity contribution in [2.45, 2.75) is 38.8 Å². The van der Waals surface area contributed by atoms with Gasteiger partial charge in [0.15, 0.2) is 0 Å². The first-order valence-electron chi connectivity index (χ1n) is 14.3. The SMILES string of the molecule is Cc1c(CN(CCc2ccc([N+](=O)[O-])cc2)C2CCN(C(=O)c3c(F)cccc3F)CC2)c(=O)n(-c2ccc(F)cc2)n1C. The Hall–Kier alpha value is -4.71. The van der Waals surface area contributed by atoms with Crippen molar-refractivity contribution in [1.82, 2.24) is 19.2 Å². The Morgan fingerprint density at radius 1 is 0.977 bits per heavy atom. The van der Waals surface area contributed by atoms with Crippen LogP contribution in [0.3, 0.4) is 0 Å². The van der Waals surface area contributed by atoms with E-state index in [-0.39, 0.29) is 30.4 Å². The summed E-state index contributed by atoms with van der Waals surface area (Å²) in [6.07, 6.45) is 1.58. The van der Waals surface area contributed by atoms with Gasteiger partial charge in [-0.3, -0.25) is 29.3 Å². The van der Waals surface area contributed by atoms with E-state index < -0.39 is 33.8 Å². The van der Waals surface area contributed by atoms with Gasteiger partial charge in [-0.15, -0.1) is 0 Å². The van der Waals surface area contributed by atoms with Crippen LogP contribution in [0, 0.1) is 34.5 Å². The van der Waals surface area contributed by atoms with Crippen LogP contribution in [0.1, 0.15) is 40.0 Å². The summed E-state index contributed by atoms with van der Waals surface area (Å²) in [5, 5.41) is 11.1. The van der Waals surface area contributed by atoms with E-state index in [1.165, 1.54) is 52.0 Å². The fraction of sp³-hybridized carbons (Fsp3) is 0.312. The number of nitro groups is 1. The highest BCUT2D eigenvalue weighted by Gasteiger charge is 2.31. The van der Waals surface area contributed by atoms with Gasteiger partial charge in [-0.05, 0) is 68.1 Å². The molecule has 1 aliphatic rings. The van der Waals surface area contributed by atoms with Gasteiger partial charge in [-0.25, -0.2) is 17.9 Å². The van der Waals surface area contributed by atoms with Gasteiger partial charge in [0, 0.05) is 57.1 Å². The molecular weight excluding hydrogens is 575 g/mol. The second-order valence-corrected chi connectivity index (χ2v) is 10.9. The number of likely N-dealkylation sites (tertiary alicyclic amines) is 1. The predicted molar refractivity (Wildman–Crippen MR) is 158 cm³/mol. The molecule has 0 spiro atoms. The van der Waals surface area contributed by atoms with Crippen LogP contribution in [0.15, 0.2) is 71.5 Å². The molecule has 0 aliphatic carbocycles. The summed E-state index contributed by atoms with van der Waals surface area (Å²) in [4.78, 5) is 40.9. The van der Waals surface area contributed by atoms with Crippen LogP contribution in [0.2, 0.25) is 0 Å². The van der Waals surface area contributed by atoms with Crippen molar-refractivity contribution >= 4 is 11.6 Å². The molecule has 0 bridgehead atoms. The van der Waals surface area contributed by atoms with Crippen molar-refractivity contribution in [1.29, 1.82) is 0 Å². The molecule has 1 amide bonds. The molecule has 2 heterocycles. The van der Waals surface area contributed by atoms with Gasteiger partial charge in [0.25, 0.3) is 17.2 Å². The molecule has 1 aromatic heterocycles. The van der Waals surface area contributed by atoms with Gasteiger partial charge in [-0.1, -0.05) is 18.2 Å². The number of halogens is 3. The van der Waals surface area contributed by atoms with E-state index in [0.29, 0.717) is 43.6 Å². The molecule has 0 atom stereocenters. The first-order valence-corrected chi connectivity index (χ1v) is 14.3. The topological polar surface area (TPSA) is 93.6 Å². The summed E-state index contributed by atoms with van der Waals surface area (Å²) in [6, 6.07) is 15.3. The quantitative estimate of drug-likeness (QED) is 0.194. The zero-order valence-corrected chi connectivity index (χ0v) is 24.4. The highest BCUT2D eigenvalue weighted by atomic mass is 19.1. The molecule has 230 valence electrons. The molecule has 0 N–H and O–H groups in total. The Bertz CT molecular complexity index is 1710. The van der Waals surface area contributed by atoms with Crippen molar-refractivity contribution in [2.75, 3.05) is 19.6 Å². The fourth-order valence-corrected chi connectivity index (χ4v) is 5.76. The van der Waals surface area contributed by atoms with Crippen molar-refractivity contribution < 1.29 is 22.9 Å². The van der Waals surface area contributed by atoms with Crippen LogP contribution < -0.4 is 5.56 Å². The second-order valence-electron chi connectivity index (χ2n) is 10.9. The number of carbonyl (C=O) groups excluding carboxylic acids is 1. The average Bonchev–Trinajstić information content (AvgIpc) is 3.22. The average molecular weight is 608 g/mol. The van der Waals surface area contributed by atoms with E-state index in [2.05, 4.69) is 4.90 Å². The summed E-state index contributed by atoms with van der Waals surface area (Å²) in [5.41, 5.74) is 1.90. The molecule has 3 aromatic carbocycles. The minimum Gasteiger partial charge on any atom is -0.338 e. The highest BCUT2D eigenvalue weighted by molar-refractivity contribution is 5.94. The number of carbonyl (C=O) groups is 1. The molecule has 0 saturated carbocycles. The molecule has 0 radical (unpaired) electrons. The number of non-ortho nitro benzene ring substituents is 1. The highest BCUT2D eigenvalue weighted by Crippen LogP contribution is 2.24. The van der Waals surface area contributed by atoms with Gasteiger partial charge in [0.05, 0.1) is 16.2 Å². The summed E-state index contributed by atoms with van der Waals surface area (Å²) < 4.78 is 45.4. The molecule has 5 rings (SSSR count). The smallest absolute Gasteiger partial charge is 0.276 e. The van der Waals surface area contributed by atoms with E-state index in [1.807, 2.05) is 6.92 Å². The minimum atomic E-state index is -0.904. The number of rotatable bonds is 9. The van der Waals surface area contributed by atoms with Gasteiger partial charge in [0.1, 0.15) is 23.0 Å². The minimum absolute atomic E-state index is 0.00445. The van der Waals surface area contributed by atoms with Gasteiger partial charge >= 0.3 is 0 Å². The molecule has 44 heavy (non-hydrogen) atoms. The summed E-state index contributed by atoms with van der Waals surface area (Å²) in [7, 11) is 1.76. The fourth-order valence-electron chi connectivity index (χ4n) is 5.76. The Morgan fingerprint density at radius 3 is 2.18 bits per heavy atom. The van der Waals surface area contributed by atoms with E-state index in [1.54, 1.807) is 23.9 Å². The number of amides is 1. The monoisotopic (exact) mass is 607 g/mol. The zero-order valence-electron chi connectivity index (χ0n) is 24.4. The van der Waals surface area contributed by atoms with Crippen molar-refractivity contribution in [3.63, 3.8) is 0 Å². The first-order chi connectivity index (χ1) is 21.0. The van der Waals surface area contributed by atoms with E-state index in [0.717, 1.165) is 23.4 Å². The second kappa shape index (κ2) is 12.9. The third-order valence-corrected chi connectivity index (χ3v) is 8.38. The van der Waals surface area contributed by atoms with Crippen molar-refractivity contribution in [3.8, 4) is 5.69 Å². The third kappa shape index (κ3) is 6.30. The van der Waals surface area contributed by atoms with Crippen molar-refractivity contribution in [2.24, 2.45) is 7.05 Å². The lowest BCUT2D eigenvalue weighted by molar-refractivity contribution is -0.384. The van der Waals surface area contributed by atoms with Crippen LogP contribution in [0.25, 0.3) is 5.69 Å². The maximum absolute atomic E-state index is 14.3. The Balaban J connectivity index is 1.38. The molecule has 0 unspecified atom stereocenters. The molecule has 1 fully saturated rings. The molecule has 1 aliphatic heterocycles. The van der Waals surface area contributed by atoms with Gasteiger partial charge in [0.2, 0.25) is 0 Å². The first kappa shape index (κ1) is 30.7. The lowest BCUT2D eigenvalue weighted by Crippen LogP contribution is -2.47. The number of hydrogen-bond donors (Lipinski definition) is 0. The van der Waals surface area contributed by atoms with Crippen LogP contribution in [-0.4, -0.2) is 55.7 Å². The van der Waals surface area contributed by atoms with E-state index >= 15 is 0 Å². The summed E-state index contributed by atoms with van der Waals surface area (Å²) in [6.45, 7) is 3.20. The maximum atomic E-state index is 14.3. The van der Waals surface area contributed by atoms with Crippen LogP contribution >= 0.6 is 0 Å². The Labute approximate surface area is 251 Å². The molecule has 4 aromatic rings. The zero-order chi connectivity index (χ0) is 31.5. The number of aromatic nitrogens is 2. The van der Waals surface area contributed by atoms with Crippen molar-refractivity contribution in [3.05, 3.63) is 127 Å². The lowest BCUT2D eigenvalue weighted by atomic mass is 10.00. The lowest BCUT2D eigenvalue weighted by Gasteiger charge is -2.38. The summed E-state index contributed by atoms with van der Waals surface area (Å²) >= 11 is 0. The molecule has 1 saturated heterocycles. The third-order valence-electron chi connectivity index (χ3n) is 8.38.